The van der Waals surface area contributed by atoms with Crippen molar-refractivity contribution in [2.75, 3.05) is 44.5 Å². The van der Waals surface area contributed by atoms with Crippen LogP contribution in [0.25, 0.3) is 0 Å². The summed E-state index contributed by atoms with van der Waals surface area (Å²) in [4.78, 5) is 4.46. The van der Waals surface area contributed by atoms with E-state index in [2.05, 4.69) is 22.5 Å². The number of ether oxygens (including phenoxy) is 2. The largest absolute Gasteiger partial charge is 0.382 e. The Bertz CT molecular complexity index is 334. The van der Waals surface area contributed by atoms with Crippen LogP contribution in [0.1, 0.15) is 13.3 Å². The number of methoxy groups -OCH3 is 2. The molecule has 1 unspecified atom stereocenters. The second-order valence-electron chi connectivity index (χ2n) is 4.03. The van der Waals surface area contributed by atoms with E-state index in [9.17, 15) is 0 Å². The van der Waals surface area contributed by atoms with Gasteiger partial charge in [0.05, 0.1) is 12.7 Å². The first-order valence-electron chi connectivity index (χ1n) is 6.26. The smallest absolute Gasteiger partial charge is 0.128 e. The molecule has 1 aromatic rings. The molecule has 0 saturated heterocycles. The predicted octanol–water partition coefficient (Wildman–Crippen LogP) is 1.98. The van der Waals surface area contributed by atoms with E-state index in [4.69, 9.17) is 9.47 Å². The van der Waals surface area contributed by atoms with E-state index in [0.29, 0.717) is 13.2 Å². The second-order valence-corrected chi connectivity index (χ2v) is 4.03. The number of nitrogens with one attached hydrogen (secondary N) is 2. The van der Waals surface area contributed by atoms with Gasteiger partial charge in [0.25, 0.3) is 0 Å². The minimum atomic E-state index is 0.0315. The van der Waals surface area contributed by atoms with Crippen LogP contribution in [0, 0.1) is 0 Å². The van der Waals surface area contributed by atoms with E-state index in [0.717, 1.165) is 24.6 Å². The highest BCUT2D eigenvalue weighted by Crippen LogP contribution is 2.09. The van der Waals surface area contributed by atoms with Crippen LogP contribution in [0.5, 0.6) is 0 Å². The summed E-state index contributed by atoms with van der Waals surface area (Å²) in [7, 11) is 3.34. The van der Waals surface area contributed by atoms with E-state index in [1.165, 1.54) is 0 Å². The van der Waals surface area contributed by atoms with Crippen molar-refractivity contribution in [2.45, 2.75) is 19.4 Å². The van der Waals surface area contributed by atoms with Gasteiger partial charge in [-0.3, -0.25) is 0 Å². The Balaban J connectivity index is 2.45. The molecule has 0 saturated carbocycles. The lowest BCUT2D eigenvalue weighted by Gasteiger charge is -2.15. The van der Waals surface area contributed by atoms with Crippen LogP contribution >= 0.6 is 0 Å². The van der Waals surface area contributed by atoms with Crippen molar-refractivity contribution < 1.29 is 9.47 Å². The minimum absolute atomic E-state index is 0.0315. The van der Waals surface area contributed by atoms with Crippen LogP contribution in [0.3, 0.4) is 0 Å². The normalized spacial score (nSPS) is 12.2. The first-order chi connectivity index (χ1) is 8.80. The summed E-state index contributed by atoms with van der Waals surface area (Å²) in [5, 5.41) is 6.50. The lowest BCUT2D eigenvalue weighted by atomic mass is 10.3. The number of pyridine rings is 1. The molecule has 0 bridgehead atoms. The fourth-order valence-electron chi connectivity index (χ4n) is 1.50. The summed E-state index contributed by atoms with van der Waals surface area (Å²) >= 11 is 0. The molecule has 1 atom stereocenters. The SMILES string of the molecule is CCCNc1cccc(NCC(COC)OC)n1. The van der Waals surface area contributed by atoms with Gasteiger partial charge in [0.1, 0.15) is 11.6 Å². The molecule has 0 aliphatic heterocycles. The average Bonchev–Trinajstić information content (AvgIpc) is 2.41. The standard InChI is InChI=1S/C13H23N3O2/c1-4-8-14-12-6-5-7-13(16-12)15-9-11(18-3)10-17-2/h5-7,11H,4,8-10H2,1-3H3,(H2,14,15,16). The lowest BCUT2D eigenvalue weighted by Crippen LogP contribution is -2.26. The summed E-state index contributed by atoms with van der Waals surface area (Å²) in [5.74, 6) is 1.73. The van der Waals surface area contributed by atoms with Crippen LogP contribution in [0.15, 0.2) is 18.2 Å². The van der Waals surface area contributed by atoms with E-state index in [1.807, 2.05) is 18.2 Å². The van der Waals surface area contributed by atoms with Gasteiger partial charge in [-0.2, -0.15) is 0 Å². The highest BCUT2D eigenvalue weighted by atomic mass is 16.5. The molecular weight excluding hydrogens is 230 g/mol. The summed E-state index contributed by atoms with van der Waals surface area (Å²) in [5.41, 5.74) is 0. The van der Waals surface area contributed by atoms with Crippen molar-refractivity contribution in [1.82, 2.24) is 4.98 Å². The molecule has 5 nitrogen and oxygen atoms in total. The van der Waals surface area contributed by atoms with Crippen molar-refractivity contribution in [3.63, 3.8) is 0 Å². The highest BCUT2D eigenvalue weighted by molar-refractivity contribution is 5.45. The van der Waals surface area contributed by atoms with E-state index in [-0.39, 0.29) is 6.10 Å². The van der Waals surface area contributed by atoms with Gasteiger partial charge in [0.2, 0.25) is 0 Å². The number of nitrogens with zero attached hydrogens (tertiary/aromatic N) is 1. The van der Waals surface area contributed by atoms with E-state index < -0.39 is 0 Å². The Morgan fingerprint density at radius 1 is 1.22 bits per heavy atom. The zero-order valence-electron chi connectivity index (χ0n) is 11.4. The van der Waals surface area contributed by atoms with Crippen LogP contribution in [-0.4, -0.2) is 45.0 Å². The molecule has 18 heavy (non-hydrogen) atoms. The third-order valence-electron chi connectivity index (χ3n) is 2.50. The molecule has 102 valence electrons. The molecule has 1 rings (SSSR count). The van der Waals surface area contributed by atoms with Gasteiger partial charge < -0.3 is 20.1 Å². The molecule has 0 spiro atoms. The molecule has 0 aliphatic rings. The molecule has 5 heteroatoms. The Kier molecular flexibility index (Phi) is 7.13. The van der Waals surface area contributed by atoms with Crippen molar-refractivity contribution in [1.29, 1.82) is 0 Å². The number of rotatable bonds is 9. The maximum atomic E-state index is 5.28. The van der Waals surface area contributed by atoms with Crippen molar-refractivity contribution >= 4 is 11.6 Å². The molecule has 0 amide bonds. The number of anilines is 2. The number of hydrogen-bond donors (Lipinski definition) is 2. The Morgan fingerprint density at radius 3 is 2.56 bits per heavy atom. The molecule has 1 aromatic heterocycles. The molecular formula is C13H23N3O2. The molecule has 1 heterocycles. The Hall–Kier alpha value is -1.33. The van der Waals surface area contributed by atoms with Gasteiger partial charge in [0.15, 0.2) is 0 Å². The third kappa shape index (κ3) is 5.33. The zero-order valence-corrected chi connectivity index (χ0v) is 11.4. The Morgan fingerprint density at radius 2 is 1.94 bits per heavy atom. The van der Waals surface area contributed by atoms with Crippen molar-refractivity contribution in [2.24, 2.45) is 0 Å². The minimum Gasteiger partial charge on any atom is -0.382 e. The summed E-state index contributed by atoms with van der Waals surface area (Å²) in [6.45, 7) is 4.30. The summed E-state index contributed by atoms with van der Waals surface area (Å²) in [6, 6.07) is 5.88. The van der Waals surface area contributed by atoms with Gasteiger partial charge >= 0.3 is 0 Å². The van der Waals surface area contributed by atoms with Crippen LogP contribution in [0.2, 0.25) is 0 Å². The van der Waals surface area contributed by atoms with Crippen LogP contribution < -0.4 is 10.6 Å². The predicted molar refractivity (Wildman–Crippen MR) is 74.2 cm³/mol. The highest BCUT2D eigenvalue weighted by Gasteiger charge is 2.06. The zero-order chi connectivity index (χ0) is 13.2. The van der Waals surface area contributed by atoms with Gasteiger partial charge in [0, 0.05) is 27.3 Å². The maximum absolute atomic E-state index is 5.28. The first-order valence-corrected chi connectivity index (χ1v) is 6.26. The fourth-order valence-corrected chi connectivity index (χ4v) is 1.50. The van der Waals surface area contributed by atoms with Crippen molar-refractivity contribution in [3.05, 3.63) is 18.2 Å². The quantitative estimate of drug-likeness (QED) is 0.705. The van der Waals surface area contributed by atoms with Crippen LogP contribution in [0.4, 0.5) is 11.6 Å². The first kappa shape index (κ1) is 14.7. The molecule has 0 radical (unpaired) electrons. The molecule has 0 aromatic carbocycles. The van der Waals surface area contributed by atoms with E-state index in [1.54, 1.807) is 14.2 Å². The third-order valence-corrected chi connectivity index (χ3v) is 2.50. The van der Waals surface area contributed by atoms with Gasteiger partial charge in [-0.1, -0.05) is 13.0 Å². The van der Waals surface area contributed by atoms with Crippen molar-refractivity contribution in [3.8, 4) is 0 Å². The number of aromatic nitrogens is 1. The molecule has 0 aliphatic carbocycles. The van der Waals surface area contributed by atoms with Gasteiger partial charge in [-0.15, -0.1) is 0 Å². The number of hydrogen-bond acceptors (Lipinski definition) is 5. The fraction of sp³-hybridized carbons (Fsp3) is 0.615. The lowest BCUT2D eigenvalue weighted by molar-refractivity contribution is 0.0365. The topological polar surface area (TPSA) is 55.4 Å². The van der Waals surface area contributed by atoms with Gasteiger partial charge in [-0.05, 0) is 18.6 Å². The summed E-state index contributed by atoms with van der Waals surface area (Å²) in [6.07, 6.45) is 1.11. The van der Waals surface area contributed by atoms with Gasteiger partial charge in [-0.25, -0.2) is 4.98 Å². The molecule has 2 N–H and O–H groups in total. The average molecular weight is 253 g/mol. The second kappa shape index (κ2) is 8.72. The maximum Gasteiger partial charge on any atom is 0.128 e. The van der Waals surface area contributed by atoms with Crippen LogP contribution in [-0.2, 0) is 9.47 Å². The Labute approximate surface area is 109 Å². The summed E-state index contributed by atoms with van der Waals surface area (Å²) < 4.78 is 10.3. The molecule has 0 fully saturated rings. The monoisotopic (exact) mass is 253 g/mol. The van der Waals surface area contributed by atoms with E-state index >= 15 is 0 Å².